The van der Waals surface area contributed by atoms with Crippen molar-refractivity contribution < 1.29 is 5.11 Å². The van der Waals surface area contributed by atoms with Gasteiger partial charge in [-0.05, 0) is 37.1 Å². The van der Waals surface area contributed by atoms with Gasteiger partial charge in [0, 0.05) is 10.4 Å². The fraction of sp³-hybridized carbons (Fsp3) is 0.125. The third-order valence-corrected chi connectivity index (χ3v) is 3.90. The van der Waals surface area contributed by atoms with E-state index in [4.69, 9.17) is 11.6 Å². The van der Waals surface area contributed by atoms with Gasteiger partial charge in [-0.2, -0.15) is 5.11 Å². The zero-order chi connectivity index (χ0) is 15.0. The molecule has 4 nitrogen and oxygen atoms in total. The number of aromatic hydroxyl groups is 1. The molecular weight excluding hydrogens is 286 g/mol. The highest BCUT2D eigenvalue weighted by Gasteiger charge is 2.11. The number of hydrogen-bond acceptors (Lipinski definition) is 3. The zero-order valence-corrected chi connectivity index (χ0v) is 12.4. The first-order valence-electron chi connectivity index (χ1n) is 6.55. The number of H-pyrrole nitrogens is 1. The molecular formula is C16H14ClN3O. The summed E-state index contributed by atoms with van der Waals surface area (Å²) in [7, 11) is 0. The average Bonchev–Trinajstić information content (AvgIpc) is 2.78. The van der Waals surface area contributed by atoms with Gasteiger partial charge >= 0.3 is 0 Å². The second-order valence-corrected chi connectivity index (χ2v) is 5.31. The van der Waals surface area contributed by atoms with Crippen molar-refractivity contribution in [2.75, 3.05) is 0 Å². The molecule has 0 spiro atoms. The van der Waals surface area contributed by atoms with Crippen LogP contribution in [0.3, 0.4) is 0 Å². The van der Waals surface area contributed by atoms with Crippen molar-refractivity contribution in [1.82, 2.24) is 4.98 Å². The van der Waals surface area contributed by atoms with Gasteiger partial charge in [0.2, 0.25) is 5.88 Å². The van der Waals surface area contributed by atoms with Crippen molar-refractivity contribution >= 4 is 33.9 Å². The summed E-state index contributed by atoms with van der Waals surface area (Å²) in [5.41, 5.74) is 3.89. The molecule has 5 heteroatoms. The van der Waals surface area contributed by atoms with Gasteiger partial charge in [-0.25, -0.2) is 0 Å². The topological polar surface area (TPSA) is 60.7 Å². The van der Waals surface area contributed by atoms with Crippen LogP contribution in [0.4, 0.5) is 11.4 Å². The minimum Gasteiger partial charge on any atom is -0.493 e. The van der Waals surface area contributed by atoms with Crippen molar-refractivity contribution in [1.29, 1.82) is 0 Å². The second kappa shape index (κ2) is 5.22. The van der Waals surface area contributed by atoms with E-state index < -0.39 is 0 Å². The van der Waals surface area contributed by atoms with Crippen molar-refractivity contribution in [3.8, 4) is 5.88 Å². The molecule has 0 saturated heterocycles. The predicted molar refractivity (Wildman–Crippen MR) is 85.1 cm³/mol. The van der Waals surface area contributed by atoms with Crippen LogP contribution in [0.5, 0.6) is 5.88 Å². The van der Waals surface area contributed by atoms with Crippen LogP contribution in [0, 0.1) is 13.8 Å². The van der Waals surface area contributed by atoms with E-state index in [9.17, 15) is 5.11 Å². The number of benzene rings is 2. The van der Waals surface area contributed by atoms with Crippen molar-refractivity contribution in [2.45, 2.75) is 13.8 Å². The van der Waals surface area contributed by atoms with Gasteiger partial charge in [-0.15, -0.1) is 5.11 Å². The molecule has 0 radical (unpaired) electrons. The largest absolute Gasteiger partial charge is 0.493 e. The van der Waals surface area contributed by atoms with Crippen LogP contribution in [0.2, 0.25) is 5.02 Å². The Labute approximate surface area is 127 Å². The summed E-state index contributed by atoms with van der Waals surface area (Å²) >= 11 is 6.06. The van der Waals surface area contributed by atoms with Gasteiger partial charge in [0.15, 0.2) is 5.69 Å². The van der Waals surface area contributed by atoms with Crippen LogP contribution in [-0.2, 0) is 0 Å². The van der Waals surface area contributed by atoms with E-state index in [1.165, 1.54) is 0 Å². The molecule has 0 unspecified atom stereocenters. The van der Waals surface area contributed by atoms with Crippen molar-refractivity contribution in [3.05, 3.63) is 52.5 Å². The maximum absolute atomic E-state index is 10.0. The molecule has 2 aromatic carbocycles. The number of hydrogen-bond donors (Lipinski definition) is 2. The van der Waals surface area contributed by atoms with Crippen LogP contribution in [0.1, 0.15) is 11.1 Å². The molecule has 0 atom stereocenters. The summed E-state index contributed by atoms with van der Waals surface area (Å²) in [5, 5.41) is 19.9. The monoisotopic (exact) mass is 299 g/mol. The number of nitrogens with zero attached hydrogens (tertiary/aromatic N) is 2. The molecule has 106 valence electrons. The minimum absolute atomic E-state index is 0.0164. The number of fused-ring (bicyclic) bond motifs is 1. The van der Waals surface area contributed by atoms with Crippen LogP contribution in [0.15, 0.2) is 46.6 Å². The number of aryl methyl sites for hydroxylation is 1. The Morgan fingerprint density at radius 1 is 1.05 bits per heavy atom. The van der Waals surface area contributed by atoms with Crippen LogP contribution in [0.25, 0.3) is 10.9 Å². The van der Waals surface area contributed by atoms with Crippen LogP contribution >= 0.6 is 11.6 Å². The fourth-order valence-corrected chi connectivity index (χ4v) is 2.42. The molecule has 0 saturated carbocycles. The first-order chi connectivity index (χ1) is 10.1. The first-order valence-corrected chi connectivity index (χ1v) is 6.93. The Morgan fingerprint density at radius 2 is 1.81 bits per heavy atom. The zero-order valence-electron chi connectivity index (χ0n) is 11.7. The summed E-state index contributed by atoms with van der Waals surface area (Å²) in [6, 6.07) is 11.3. The normalized spacial score (nSPS) is 11.6. The Balaban J connectivity index is 2.10. The highest BCUT2D eigenvalue weighted by molar-refractivity contribution is 6.31. The summed E-state index contributed by atoms with van der Waals surface area (Å²) in [6.45, 7) is 3.86. The third kappa shape index (κ3) is 2.38. The van der Waals surface area contributed by atoms with Gasteiger partial charge in [-0.3, -0.25) is 0 Å². The van der Waals surface area contributed by atoms with Gasteiger partial charge in [0.25, 0.3) is 0 Å². The minimum atomic E-state index is 0.0164. The van der Waals surface area contributed by atoms with Crippen LogP contribution < -0.4 is 0 Å². The number of halogens is 1. The van der Waals surface area contributed by atoms with Gasteiger partial charge in [0.05, 0.1) is 11.2 Å². The van der Waals surface area contributed by atoms with Gasteiger partial charge < -0.3 is 10.1 Å². The third-order valence-electron chi connectivity index (χ3n) is 3.49. The summed E-state index contributed by atoms with van der Waals surface area (Å²) in [5.74, 6) is 0.0164. The molecule has 0 aliphatic rings. The van der Waals surface area contributed by atoms with E-state index in [1.807, 2.05) is 50.2 Å². The molecule has 1 heterocycles. The lowest BCUT2D eigenvalue weighted by Gasteiger charge is -2.00. The SMILES string of the molecule is Cc1c(Cl)cccc1N=Nc1c(O)[nH]c2c(C)cccc12. The van der Waals surface area contributed by atoms with Crippen molar-refractivity contribution in [2.24, 2.45) is 10.2 Å². The Hall–Kier alpha value is -2.33. The average molecular weight is 300 g/mol. The standard InChI is InChI=1S/C16H14ClN3O/c1-9-5-3-6-11-14(9)18-16(21)15(11)20-19-13-8-4-7-12(17)10(13)2/h3-8,18,21H,1-2H3. The van der Waals surface area contributed by atoms with E-state index in [2.05, 4.69) is 15.2 Å². The lowest BCUT2D eigenvalue weighted by Crippen LogP contribution is -1.75. The molecule has 0 amide bonds. The number of para-hydroxylation sites is 1. The fourth-order valence-electron chi connectivity index (χ4n) is 2.25. The predicted octanol–water partition coefficient (Wildman–Crippen LogP) is 5.56. The number of azo groups is 1. The van der Waals surface area contributed by atoms with Crippen LogP contribution in [-0.4, -0.2) is 10.1 Å². The maximum atomic E-state index is 10.0. The number of nitrogens with one attached hydrogen (secondary N) is 1. The Kier molecular flexibility index (Phi) is 3.39. The molecule has 0 aliphatic heterocycles. The molecule has 3 rings (SSSR count). The van der Waals surface area contributed by atoms with Gasteiger partial charge in [-0.1, -0.05) is 35.9 Å². The molecule has 21 heavy (non-hydrogen) atoms. The highest BCUT2D eigenvalue weighted by atomic mass is 35.5. The summed E-state index contributed by atoms with van der Waals surface area (Å²) in [6.07, 6.45) is 0. The number of aromatic amines is 1. The van der Waals surface area contributed by atoms with Gasteiger partial charge in [0.1, 0.15) is 0 Å². The molecule has 0 bridgehead atoms. The number of aromatic nitrogens is 1. The lowest BCUT2D eigenvalue weighted by molar-refractivity contribution is 0.459. The molecule has 0 aliphatic carbocycles. The van der Waals surface area contributed by atoms with E-state index >= 15 is 0 Å². The van der Waals surface area contributed by atoms with Crippen molar-refractivity contribution in [3.63, 3.8) is 0 Å². The molecule has 2 N–H and O–H groups in total. The Bertz CT molecular complexity index is 852. The van der Waals surface area contributed by atoms with E-state index in [-0.39, 0.29) is 5.88 Å². The maximum Gasteiger partial charge on any atom is 0.218 e. The quantitative estimate of drug-likeness (QED) is 0.598. The molecule has 0 fully saturated rings. The summed E-state index contributed by atoms with van der Waals surface area (Å²) < 4.78 is 0. The lowest BCUT2D eigenvalue weighted by atomic mass is 10.1. The summed E-state index contributed by atoms with van der Waals surface area (Å²) in [4.78, 5) is 2.93. The first kappa shape index (κ1) is 13.6. The highest BCUT2D eigenvalue weighted by Crippen LogP contribution is 2.38. The smallest absolute Gasteiger partial charge is 0.218 e. The van der Waals surface area contributed by atoms with E-state index in [1.54, 1.807) is 0 Å². The Morgan fingerprint density at radius 3 is 2.62 bits per heavy atom. The second-order valence-electron chi connectivity index (χ2n) is 4.90. The molecule has 1 aromatic heterocycles. The van der Waals surface area contributed by atoms with E-state index in [0.29, 0.717) is 16.4 Å². The number of rotatable bonds is 2. The molecule has 3 aromatic rings. The van der Waals surface area contributed by atoms with E-state index in [0.717, 1.165) is 22.0 Å².